The molecule has 12 heavy (non-hydrogen) atoms. The number of aryl methyl sites for hydroxylation is 1. The van der Waals surface area contributed by atoms with Crippen LogP contribution in [-0.2, 0) is 6.42 Å². The molecule has 0 bridgehead atoms. The predicted molar refractivity (Wildman–Crippen MR) is 45.4 cm³/mol. The van der Waals surface area contributed by atoms with E-state index in [0.717, 1.165) is 17.9 Å². The van der Waals surface area contributed by atoms with Gasteiger partial charge in [0.1, 0.15) is 5.76 Å². The van der Waals surface area contributed by atoms with Crippen LogP contribution in [0.4, 0.5) is 0 Å². The molecule has 0 amide bonds. The highest BCUT2D eigenvalue weighted by atomic mass is 16.4. The maximum atomic E-state index is 10.4. The molecule has 0 unspecified atom stereocenters. The highest BCUT2D eigenvalue weighted by molar-refractivity contribution is 5.67. The molecular formula is C9H13NO2. The Morgan fingerprint density at radius 2 is 2.25 bits per heavy atom. The maximum Gasteiger partial charge on any atom is 0.260 e. The number of nitrogens with zero attached hydrogens (tertiary/aromatic N) is 1. The lowest BCUT2D eigenvalue weighted by Gasteiger charge is -1.99. The van der Waals surface area contributed by atoms with Gasteiger partial charge in [0.25, 0.3) is 5.89 Å². The van der Waals surface area contributed by atoms with Crippen molar-refractivity contribution in [3.05, 3.63) is 17.3 Å². The topological polar surface area (TPSA) is 43.1 Å². The molecule has 0 aliphatic carbocycles. The third kappa shape index (κ3) is 1.55. The van der Waals surface area contributed by atoms with E-state index in [1.165, 1.54) is 0 Å². The van der Waals surface area contributed by atoms with Gasteiger partial charge in [-0.1, -0.05) is 20.8 Å². The molecule has 0 fully saturated rings. The van der Waals surface area contributed by atoms with Crippen LogP contribution in [0.3, 0.4) is 0 Å². The van der Waals surface area contributed by atoms with Crippen LogP contribution in [0.25, 0.3) is 0 Å². The van der Waals surface area contributed by atoms with Gasteiger partial charge >= 0.3 is 0 Å². The van der Waals surface area contributed by atoms with Gasteiger partial charge in [-0.3, -0.25) is 4.79 Å². The van der Waals surface area contributed by atoms with Gasteiger partial charge in [-0.15, -0.1) is 0 Å². The number of carbonyl (C=O) groups is 1. The van der Waals surface area contributed by atoms with Gasteiger partial charge < -0.3 is 4.42 Å². The van der Waals surface area contributed by atoms with Crippen molar-refractivity contribution in [3.8, 4) is 0 Å². The van der Waals surface area contributed by atoms with Crippen molar-refractivity contribution in [1.82, 2.24) is 4.98 Å². The number of hydrogen-bond donors (Lipinski definition) is 0. The summed E-state index contributed by atoms with van der Waals surface area (Å²) < 4.78 is 5.24. The third-order valence-electron chi connectivity index (χ3n) is 1.70. The van der Waals surface area contributed by atoms with Gasteiger partial charge in [-0.2, -0.15) is 0 Å². The molecule has 3 heteroatoms. The first-order valence-electron chi connectivity index (χ1n) is 4.13. The number of hydrogen-bond acceptors (Lipinski definition) is 3. The lowest BCUT2D eigenvalue weighted by molar-refractivity contribution is 0.109. The Labute approximate surface area is 71.8 Å². The van der Waals surface area contributed by atoms with Crippen molar-refractivity contribution in [2.75, 3.05) is 0 Å². The monoisotopic (exact) mass is 167 g/mol. The summed E-state index contributed by atoms with van der Waals surface area (Å²) in [5.41, 5.74) is 0.895. The first-order valence-corrected chi connectivity index (χ1v) is 4.13. The summed E-state index contributed by atoms with van der Waals surface area (Å²) in [5.74, 6) is 1.32. The zero-order valence-corrected chi connectivity index (χ0v) is 7.63. The minimum absolute atomic E-state index is 0.190. The van der Waals surface area contributed by atoms with E-state index < -0.39 is 0 Å². The van der Waals surface area contributed by atoms with Crippen molar-refractivity contribution in [2.24, 2.45) is 0 Å². The Balaban J connectivity index is 3.07. The van der Waals surface area contributed by atoms with Crippen LogP contribution in [0.5, 0.6) is 0 Å². The predicted octanol–water partition coefficient (Wildman–Crippen LogP) is 2.17. The molecular weight excluding hydrogens is 154 g/mol. The van der Waals surface area contributed by atoms with E-state index in [9.17, 15) is 4.79 Å². The average molecular weight is 167 g/mol. The molecule has 1 rings (SSSR count). The SMILES string of the molecule is CCc1nc(C=O)oc1C(C)C. The van der Waals surface area contributed by atoms with E-state index in [0.29, 0.717) is 12.2 Å². The van der Waals surface area contributed by atoms with E-state index in [4.69, 9.17) is 4.42 Å². The fourth-order valence-corrected chi connectivity index (χ4v) is 1.14. The highest BCUT2D eigenvalue weighted by Crippen LogP contribution is 2.20. The second kappa shape index (κ2) is 3.52. The second-order valence-corrected chi connectivity index (χ2v) is 2.99. The molecule has 0 spiro atoms. The Kier molecular flexibility index (Phi) is 2.63. The van der Waals surface area contributed by atoms with E-state index >= 15 is 0 Å². The molecule has 1 aromatic heterocycles. The molecule has 0 radical (unpaired) electrons. The van der Waals surface area contributed by atoms with Crippen LogP contribution < -0.4 is 0 Å². The first-order chi connectivity index (χ1) is 5.69. The number of rotatable bonds is 3. The number of aldehydes is 1. The minimum atomic E-state index is 0.190. The minimum Gasteiger partial charge on any atom is -0.439 e. The standard InChI is InChI=1S/C9H13NO2/c1-4-7-9(6(2)3)12-8(5-11)10-7/h5-6H,4H2,1-3H3. The third-order valence-corrected chi connectivity index (χ3v) is 1.70. The van der Waals surface area contributed by atoms with Crippen molar-refractivity contribution >= 4 is 6.29 Å². The fourth-order valence-electron chi connectivity index (χ4n) is 1.14. The van der Waals surface area contributed by atoms with Gasteiger partial charge in [0.05, 0.1) is 5.69 Å². The van der Waals surface area contributed by atoms with Crippen molar-refractivity contribution in [2.45, 2.75) is 33.1 Å². The molecule has 0 aliphatic heterocycles. The van der Waals surface area contributed by atoms with Crippen LogP contribution in [0.15, 0.2) is 4.42 Å². The molecule has 0 N–H and O–H groups in total. The maximum absolute atomic E-state index is 10.4. The van der Waals surface area contributed by atoms with E-state index in [2.05, 4.69) is 4.98 Å². The number of carbonyl (C=O) groups excluding carboxylic acids is 1. The molecule has 0 aromatic carbocycles. The van der Waals surface area contributed by atoms with Crippen LogP contribution in [0, 0.1) is 0 Å². The van der Waals surface area contributed by atoms with Gasteiger partial charge in [0, 0.05) is 5.92 Å². The molecule has 0 saturated heterocycles. The van der Waals surface area contributed by atoms with Crippen molar-refractivity contribution in [1.29, 1.82) is 0 Å². The van der Waals surface area contributed by atoms with Gasteiger partial charge in [-0.05, 0) is 6.42 Å². The smallest absolute Gasteiger partial charge is 0.260 e. The largest absolute Gasteiger partial charge is 0.439 e. The van der Waals surface area contributed by atoms with Crippen LogP contribution in [-0.4, -0.2) is 11.3 Å². The average Bonchev–Trinajstić information content (AvgIpc) is 2.47. The molecule has 0 atom stereocenters. The normalized spacial score (nSPS) is 10.7. The molecule has 66 valence electrons. The summed E-state index contributed by atoms with van der Waals surface area (Å²) in [5, 5.41) is 0. The molecule has 1 heterocycles. The lowest BCUT2D eigenvalue weighted by Crippen LogP contribution is -1.90. The molecule has 3 nitrogen and oxygen atoms in total. The number of aromatic nitrogens is 1. The summed E-state index contributed by atoms with van der Waals surface area (Å²) in [6, 6.07) is 0. The fraction of sp³-hybridized carbons (Fsp3) is 0.556. The Bertz CT molecular complexity index is 276. The Hall–Kier alpha value is -1.12. The first kappa shape index (κ1) is 8.97. The van der Waals surface area contributed by atoms with Gasteiger partial charge in [0.2, 0.25) is 6.29 Å². The van der Waals surface area contributed by atoms with Gasteiger partial charge in [-0.25, -0.2) is 4.98 Å². The van der Waals surface area contributed by atoms with E-state index in [1.54, 1.807) is 0 Å². The summed E-state index contributed by atoms with van der Waals surface area (Å²) in [4.78, 5) is 14.4. The summed E-state index contributed by atoms with van der Waals surface area (Å²) in [6.07, 6.45) is 1.45. The van der Waals surface area contributed by atoms with Gasteiger partial charge in [0.15, 0.2) is 0 Å². The van der Waals surface area contributed by atoms with Crippen molar-refractivity contribution < 1.29 is 9.21 Å². The Morgan fingerprint density at radius 1 is 1.58 bits per heavy atom. The molecule has 1 aromatic rings. The van der Waals surface area contributed by atoms with Crippen LogP contribution in [0.1, 0.15) is 48.8 Å². The highest BCUT2D eigenvalue weighted by Gasteiger charge is 2.13. The summed E-state index contributed by atoms with van der Waals surface area (Å²) >= 11 is 0. The summed E-state index contributed by atoms with van der Waals surface area (Å²) in [6.45, 7) is 6.04. The molecule has 0 saturated carbocycles. The quantitative estimate of drug-likeness (QED) is 0.648. The van der Waals surface area contributed by atoms with Crippen LogP contribution in [0.2, 0.25) is 0 Å². The van der Waals surface area contributed by atoms with E-state index in [-0.39, 0.29) is 5.89 Å². The zero-order valence-electron chi connectivity index (χ0n) is 7.63. The summed E-state index contributed by atoms with van der Waals surface area (Å²) in [7, 11) is 0. The van der Waals surface area contributed by atoms with E-state index in [1.807, 2.05) is 20.8 Å². The second-order valence-electron chi connectivity index (χ2n) is 2.99. The Morgan fingerprint density at radius 3 is 2.58 bits per heavy atom. The molecule has 0 aliphatic rings. The van der Waals surface area contributed by atoms with Crippen LogP contribution >= 0.6 is 0 Å². The van der Waals surface area contributed by atoms with Crippen molar-refractivity contribution in [3.63, 3.8) is 0 Å². The number of oxazole rings is 1. The lowest BCUT2D eigenvalue weighted by atomic mass is 10.1. The zero-order chi connectivity index (χ0) is 9.14.